The van der Waals surface area contributed by atoms with Crippen molar-refractivity contribution in [1.29, 1.82) is 0 Å². The average molecular weight is 236 g/mol. The molecule has 0 aliphatic rings. The predicted molar refractivity (Wildman–Crippen MR) is 11.0 cm³/mol. The average Bonchev–Trinajstić information content (AvgIpc) is 1.00. The van der Waals surface area contributed by atoms with Gasteiger partial charge in [-0.25, -0.2) is 0 Å². The number of halogens is 1. The topological polar surface area (TPSA) is 17.1 Å². The van der Waals surface area contributed by atoms with Crippen LogP contribution in [0.2, 0.25) is 0 Å². The Hall–Kier alpha value is 1.88. The van der Waals surface area contributed by atoms with E-state index in [0.29, 0.717) is 0 Å². The van der Waals surface area contributed by atoms with Crippen molar-refractivity contribution in [3.8, 4) is 0 Å². The molecular weight excluding hydrogens is 235 g/mol. The molecule has 0 aliphatic carbocycles. The van der Waals surface area contributed by atoms with Crippen molar-refractivity contribution in [2.24, 2.45) is 0 Å². The Morgan fingerprint density at radius 3 is 1.25 bits per heavy atom. The van der Waals surface area contributed by atoms with Gasteiger partial charge in [-0.05, 0) is 0 Å². The SMILES string of the molecule is Br.[O]=[Ti].[Zr]. The summed E-state index contributed by atoms with van der Waals surface area (Å²) >= 11 is 0.750. The van der Waals surface area contributed by atoms with Gasteiger partial charge in [0.2, 0.25) is 0 Å². The van der Waals surface area contributed by atoms with E-state index < -0.39 is 0 Å². The third-order valence-corrected chi connectivity index (χ3v) is 0. The first kappa shape index (κ1) is 16.9. The Kier molecular flexibility index (Phi) is 87.8. The van der Waals surface area contributed by atoms with Gasteiger partial charge >= 0.3 is 23.7 Å². The first-order valence-electron chi connectivity index (χ1n) is 0.204. The summed E-state index contributed by atoms with van der Waals surface area (Å²) in [6.45, 7) is 0. The maximum absolute atomic E-state index is 8.25. The van der Waals surface area contributed by atoms with E-state index in [1.54, 1.807) is 0 Å². The van der Waals surface area contributed by atoms with E-state index in [9.17, 15) is 0 Å². The van der Waals surface area contributed by atoms with Gasteiger partial charge in [0, 0.05) is 26.2 Å². The zero-order valence-electron chi connectivity index (χ0n) is 1.82. The molecule has 0 radical (unpaired) electrons. The molecule has 0 saturated carbocycles. The summed E-state index contributed by atoms with van der Waals surface area (Å²) in [4.78, 5) is 0. The van der Waals surface area contributed by atoms with Gasteiger partial charge in [-0.2, -0.15) is 0 Å². The van der Waals surface area contributed by atoms with Crippen LogP contribution in [0, 0.1) is 0 Å². The maximum Gasteiger partial charge on any atom is 0 e. The molecule has 0 bridgehead atoms. The van der Waals surface area contributed by atoms with Crippen molar-refractivity contribution in [1.82, 2.24) is 0 Å². The van der Waals surface area contributed by atoms with Gasteiger partial charge in [-0.15, -0.1) is 17.0 Å². The van der Waals surface area contributed by atoms with Crippen molar-refractivity contribution in [2.45, 2.75) is 0 Å². The van der Waals surface area contributed by atoms with Crippen LogP contribution in [0.25, 0.3) is 0 Å². The summed E-state index contributed by atoms with van der Waals surface area (Å²) in [6, 6.07) is 0. The number of rotatable bonds is 0. The summed E-state index contributed by atoms with van der Waals surface area (Å²) in [6.07, 6.45) is 0. The fraction of sp³-hybridized carbons (Fsp3) is 0. The molecule has 0 saturated heterocycles. The molecular formula is HBrOTiZr. The van der Waals surface area contributed by atoms with Crippen molar-refractivity contribution in [3.05, 3.63) is 0 Å². The molecule has 0 atom stereocenters. The van der Waals surface area contributed by atoms with Crippen LogP contribution in [0.1, 0.15) is 0 Å². The second-order valence-corrected chi connectivity index (χ2v) is 0. The Morgan fingerprint density at radius 2 is 1.25 bits per heavy atom. The van der Waals surface area contributed by atoms with E-state index >= 15 is 0 Å². The quantitative estimate of drug-likeness (QED) is 0.558. The minimum Gasteiger partial charge on any atom is 0 e. The Bertz CT molecular complexity index is 8.00. The van der Waals surface area contributed by atoms with Crippen LogP contribution in [0.15, 0.2) is 0 Å². The van der Waals surface area contributed by atoms with Crippen LogP contribution >= 0.6 is 17.0 Å². The number of hydrogen-bond donors (Lipinski definition) is 0. The van der Waals surface area contributed by atoms with Gasteiger partial charge in [0.1, 0.15) is 0 Å². The fourth-order valence-corrected chi connectivity index (χ4v) is 0. The Morgan fingerprint density at radius 1 is 1.25 bits per heavy atom. The molecule has 0 amide bonds. The molecule has 0 N–H and O–H groups in total. The molecule has 0 unspecified atom stereocenters. The van der Waals surface area contributed by atoms with E-state index in [1.807, 2.05) is 0 Å². The van der Waals surface area contributed by atoms with Crippen LogP contribution in [0.5, 0.6) is 0 Å². The largest absolute Gasteiger partial charge is 0 e. The summed E-state index contributed by atoms with van der Waals surface area (Å²) in [5.74, 6) is 0. The first-order valence-corrected chi connectivity index (χ1v) is 0.842. The van der Waals surface area contributed by atoms with Crippen LogP contribution in [0.3, 0.4) is 0 Å². The molecule has 0 aromatic rings. The van der Waals surface area contributed by atoms with Crippen molar-refractivity contribution in [3.63, 3.8) is 0 Å². The molecule has 0 heterocycles. The van der Waals surface area contributed by atoms with Crippen molar-refractivity contribution < 1.29 is 49.9 Å². The van der Waals surface area contributed by atoms with Crippen LogP contribution in [-0.4, -0.2) is 0 Å². The van der Waals surface area contributed by atoms with E-state index in [-0.39, 0.29) is 43.2 Å². The molecule has 4 heteroatoms. The summed E-state index contributed by atoms with van der Waals surface area (Å²) in [7, 11) is 0. The maximum atomic E-state index is 8.25. The fourth-order valence-electron chi connectivity index (χ4n) is 0. The van der Waals surface area contributed by atoms with Gasteiger partial charge in [-0.1, -0.05) is 0 Å². The van der Waals surface area contributed by atoms with Crippen LogP contribution < -0.4 is 0 Å². The van der Waals surface area contributed by atoms with Crippen molar-refractivity contribution in [2.75, 3.05) is 0 Å². The molecule has 0 aliphatic heterocycles. The van der Waals surface area contributed by atoms with Gasteiger partial charge in [0.15, 0.2) is 0 Å². The first-order chi connectivity index (χ1) is 1.00. The zero-order valence-corrected chi connectivity index (χ0v) is 7.55. The van der Waals surface area contributed by atoms with E-state index in [2.05, 4.69) is 0 Å². The molecule has 0 aromatic heterocycles. The molecule has 1 nitrogen and oxygen atoms in total. The summed E-state index contributed by atoms with van der Waals surface area (Å²) in [5, 5.41) is 0. The normalized spacial score (nSPS) is 0.750. The van der Waals surface area contributed by atoms with Crippen LogP contribution in [-0.2, 0) is 49.9 Å². The number of hydrogen-bond acceptors (Lipinski definition) is 1. The van der Waals surface area contributed by atoms with E-state index in [1.165, 1.54) is 0 Å². The third kappa shape index (κ3) is 9.11. The molecule has 22 valence electrons. The summed E-state index contributed by atoms with van der Waals surface area (Å²) in [5.41, 5.74) is 0. The van der Waals surface area contributed by atoms with Gasteiger partial charge in [-0.3, -0.25) is 0 Å². The molecule has 0 fully saturated rings. The second-order valence-electron chi connectivity index (χ2n) is 0. The van der Waals surface area contributed by atoms with Gasteiger partial charge < -0.3 is 0 Å². The second kappa shape index (κ2) is 20.8. The Labute approximate surface area is 66.2 Å². The predicted octanol–water partition coefficient (Wildman–Crippen LogP) is 0.454. The smallest absolute Gasteiger partial charge is 0 e. The molecule has 0 aromatic carbocycles. The molecule has 4 heavy (non-hydrogen) atoms. The third-order valence-electron chi connectivity index (χ3n) is 0. The van der Waals surface area contributed by atoms with Crippen LogP contribution in [0.4, 0.5) is 0 Å². The van der Waals surface area contributed by atoms with Crippen molar-refractivity contribution >= 4 is 17.0 Å². The molecule has 0 rings (SSSR count). The molecule has 0 spiro atoms. The van der Waals surface area contributed by atoms with Gasteiger partial charge in [0.25, 0.3) is 0 Å². The standard InChI is InChI=1S/BrH.O.Ti.Zr/h1H;;;. The Balaban J connectivity index is -0.00000000500. The zero-order chi connectivity index (χ0) is 2.00. The van der Waals surface area contributed by atoms with E-state index in [0.717, 1.165) is 20.4 Å². The minimum absolute atomic E-state index is 0. The van der Waals surface area contributed by atoms with E-state index in [4.69, 9.17) is 3.32 Å². The van der Waals surface area contributed by atoms with Gasteiger partial charge in [0.05, 0.1) is 0 Å². The minimum atomic E-state index is 0. The monoisotopic (exact) mass is 234 g/mol. The summed E-state index contributed by atoms with van der Waals surface area (Å²) < 4.78 is 8.25.